The molecule has 2 heterocycles. The predicted molar refractivity (Wildman–Crippen MR) is 70.9 cm³/mol. The van der Waals surface area contributed by atoms with E-state index in [2.05, 4.69) is 20.6 Å². The van der Waals surface area contributed by atoms with E-state index in [1.165, 1.54) is 0 Å². The monoisotopic (exact) mass is 263 g/mol. The van der Waals surface area contributed by atoms with Crippen molar-refractivity contribution in [2.75, 3.05) is 23.8 Å². The molecule has 19 heavy (non-hydrogen) atoms. The van der Waals surface area contributed by atoms with Crippen molar-refractivity contribution < 1.29 is 9.59 Å². The Kier molecular flexibility index (Phi) is 3.64. The van der Waals surface area contributed by atoms with E-state index in [1.807, 2.05) is 6.92 Å². The molecule has 1 aromatic rings. The fourth-order valence-corrected chi connectivity index (χ4v) is 1.91. The van der Waals surface area contributed by atoms with Crippen LogP contribution in [0.15, 0.2) is 6.07 Å². The van der Waals surface area contributed by atoms with Crippen LogP contribution < -0.4 is 15.5 Å². The third kappa shape index (κ3) is 2.64. The average molecular weight is 263 g/mol. The number of hydrogen-bond donors (Lipinski definition) is 2. The van der Waals surface area contributed by atoms with Gasteiger partial charge in [-0.1, -0.05) is 6.92 Å². The lowest BCUT2D eigenvalue weighted by Gasteiger charge is -2.32. The summed E-state index contributed by atoms with van der Waals surface area (Å²) in [5, 5.41) is 5.26. The van der Waals surface area contributed by atoms with Crippen LogP contribution in [0, 0.1) is 0 Å². The average Bonchev–Trinajstić information content (AvgIpc) is 2.42. The summed E-state index contributed by atoms with van der Waals surface area (Å²) in [6.07, 6.45) is 0.685. The molecular weight excluding hydrogens is 246 g/mol. The second-order valence-electron chi connectivity index (χ2n) is 4.35. The fourth-order valence-electron chi connectivity index (χ4n) is 1.91. The van der Waals surface area contributed by atoms with Crippen molar-refractivity contribution >= 4 is 23.5 Å². The number of rotatable bonds is 3. The summed E-state index contributed by atoms with van der Waals surface area (Å²) in [5.41, 5.74) is 0. The molecular formula is C12H17N5O2. The van der Waals surface area contributed by atoms with Crippen LogP contribution in [0.4, 0.5) is 11.6 Å². The number of aromatic nitrogens is 2. The molecule has 1 atom stereocenters. The van der Waals surface area contributed by atoms with Crippen molar-refractivity contribution in [1.29, 1.82) is 0 Å². The number of nitrogens with one attached hydrogen (secondary N) is 2. The minimum Gasteiger partial charge on any atom is -0.373 e. The third-order valence-corrected chi connectivity index (χ3v) is 3.05. The summed E-state index contributed by atoms with van der Waals surface area (Å²) in [7, 11) is 1.77. The largest absolute Gasteiger partial charge is 0.373 e. The van der Waals surface area contributed by atoms with Crippen molar-refractivity contribution in [3.8, 4) is 0 Å². The topological polar surface area (TPSA) is 87.2 Å². The first-order chi connectivity index (χ1) is 9.05. The highest BCUT2D eigenvalue weighted by molar-refractivity contribution is 6.04. The molecule has 2 amide bonds. The summed E-state index contributed by atoms with van der Waals surface area (Å²) >= 11 is 0. The summed E-state index contributed by atoms with van der Waals surface area (Å²) in [5.74, 6) is 1.32. The lowest BCUT2D eigenvalue weighted by molar-refractivity contribution is -0.132. The highest BCUT2D eigenvalue weighted by Crippen LogP contribution is 2.20. The van der Waals surface area contributed by atoms with Gasteiger partial charge in [-0.2, -0.15) is 0 Å². The predicted octanol–water partition coefficient (Wildman–Crippen LogP) is -0.0680. The number of amides is 2. The first-order valence-corrected chi connectivity index (χ1v) is 6.21. The zero-order valence-corrected chi connectivity index (χ0v) is 11.2. The summed E-state index contributed by atoms with van der Waals surface area (Å²) < 4.78 is 0. The Morgan fingerprint density at radius 1 is 1.47 bits per heavy atom. The molecule has 0 spiro atoms. The second kappa shape index (κ2) is 5.21. The van der Waals surface area contributed by atoms with E-state index in [9.17, 15) is 9.59 Å². The Hall–Kier alpha value is -2.18. The highest BCUT2D eigenvalue weighted by atomic mass is 16.2. The highest BCUT2D eigenvalue weighted by Gasteiger charge is 2.31. The zero-order valence-electron chi connectivity index (χ0n) is 11.2. The van der Waals surface area contributed by atoms with Gasteiger partial charge in [0.1, 0.15) is 23.5 Å². The summed E-state index contributed by atoms with van der Waals surface area (Å²) in [6, 6.07) is 1.31. The van der Waals surface area contributed by atoms with Crippen LogP contribution in [-0.4, -0.2) is 41.4 Å². The minimum absolute atomic E-state index is 0.121. The van der Waals surface area contributed by atoms with Gasteiger partial charge in [-0.3, -0.25) is 14.9 Å². The molecule has 0 aliphatic carbocycles. The first-order valence-electron chi connectivity index (χ1n) is 6.21. The minimum atomic E-state index is -0.429. The number of aryl methyl sites for hydroxylation is 1. The van der Waals surface area contributed by atoms with Gasteiger partial charge in [0.25, 0.3) is 0 Å². The van der Waals surface area contributed by atoms with Gasteiger partial charge in [0.15, 0.2) is 0 Å². The number of piperazine rings is 1. The van der Waals surface area contributed by atoms with Gasteiger partial charge in [-0.05, 0) is 6.92 Å². The van der Waals surface area contributed by atoms with Gasteiger partial charge in [-0.25, -0.2) is 9.97 Å². The van der Waals surface area contributed by atoms with E-state index in [1.54, 1.807) is 24.9 Å². The molecule has 1 aliphatic heterocycles. The lowest BCUT2D eigenvalue weighted by atomic mass is 10.2. The van der Waals surface area contributed by atoms with Crippen molar-refractivity contribution in [2.45, 2.75) is 26.3 Å². The van der Waals surface area contributed by atoms with Crippen molar-refractivity contribution in [2.24, 2.45) is 0 Å². The van der Waals surface area contributed by atoms with Crippen molar-refractivity contribution in [3.05, 3.63) is 11.9 Å². The van der Waals surface area contributed by atoms with E-state index < -0.39 is 6.04 Å². The van der Waals surface area contributed by atoms with E-state index in [0.29, 0.717) is 23.9 Å². The number of carbonyl (C=O) groups excluding carboxylic acids is 2. The number of anilines is 2. The molecule has 1 saturated heterocycles. The number of nitrogens with zero attached hydrogens (tertiary/aromatic N) is 3. The normalized spacial score (nSPS) is 19.3. The smallest absolute Gasteiger partial charge is 0.249 e. The van der Waals surface area contributed by atoms with E-state index in [0.717, 1.165) is 0 Å². The molecule has 1 aliphatic rings. The van der Waals surface area contributed by atoms with Gasteiger partial charge in [-0.15, -0.1) is 0 Å². The van der Waals surface area contributed by atoms with Crippen molar-refractivity contribution in [1.82, 2.24) is 15.3 Å². The second-order valence-corrected chi connectivity index (χ2v) is 4.35. The van der Waals surface area contributed by atoms with Crippen LogP contribution in [0.3, 0.4) is 0 Å². The number of hydrogen-bond acceptors (Lipinski definition) is 6. The van der Waals surface area contributed by atoms with Gasteiger partial charge < -0.3 is 10.2 Å². The van der Waals surface area contributed by atoms with Crippen LogP contribution in [0.1, 0.15) is 19.7 Å². The van der Waals surface area contributed by atoms with E-state index in [-0.39, 0.29) is 18.4 Å². The molecule has 1 unspecified atom stereocenters. The maximum absolute atomic E-state index is 11.7. The van der Waals surface area contributed by atoms with E-state index in [4.69, 9.17) is 0 Å². The van der Waals surface area contributed by atoms with Gasteiger partial charge in [0.2, 0.25) is 11.8 Å². The van der Waals surface area contributed by atoms with Crippen LogP contribution in [0.2, 0.25) is 0 Å². The number of imide groups is 1. The zero-order chi connectivity index (χ0) is 14.0. The molecule has 0 aromatic carbocycles. The van der Waals surface area contributed by atoms with E-state index >= 15 is 0 Å². The first kappa shape index (κ1) is 13.3. The molecule has 7 heteroatoms. The van der Waals surface area contributed by atoms with Crippen molar-refractivity contribution in [3.63, 3.8) is 0 Å². The molecule has 0 radical (unpaired) electrons. The lowest BCUT2D eigenvalue weighted by Crippen LogP contribution is -2.57. The maximum Gasteiger partial charge on any atom is 0.249 e. The van der Waals surface area contributed by atoms with Gasteiger partial charge in [0, 0.05) is 19.5 Å². The Labute approximate surface area is 111 Å². The summed E-state index contributed by atoms with van der Waals surface area (Å²) in [6.45, 7) is 3.82. The van der Waals surface area contributed by atoms with Gasteiger partial charge >= 0.3 is 0 Å². The SMILES string of the molecule is CCc1nc(NC)cc(N2CC(=O)NC(=O)C2C)n1. The van der Waals surface area contributed by atoms with Crippen LogP contribution >= 0.6 is 0 Å². The Morgan fingerprint density at radius 3 is 2.84 bits per heavy atom. The molecule has 2 rings (SSSR count). The molecule has 2 N–H and O–H groups in total. The third-order valence-electron chi connectivity index (χ3n) is 3.05. The maximum atomic E-state index is 11.7. The molecule has 1 fully saturated rings. The van der Waals surface area contributed by atoms with Crippen LogP contribution in [-0.2, 0) is 16.0 Å². The summed E-state index contributed by atoms with van der Waals surface area (Å²) in [4.78, 5) is 33.5. The molecule has 7 nitrogen and oxygen atoms in total. The Bertz CT molecular complexity index is 495. The molecule has 0 bridgehead atoms. The Balaban J connectivity index is 2.39. The van der Waals surface area contributed by atoms with Crippen LogP contribution in [0.5, 0.6) is 0 Å². The van der Waals surface area contributed by atoms with Crippen LogP contribution in [0.25, 0.3) is 0 Å². The standard InChI is InChI=1S/C12H17N5O2/c1-4-8-14-9(13-3)5-10(15-8)17-6-11(18)16-12(19)7(17)2/h5,7H,4,6H2,1-3H3,(H,13,14,15)(H,16,18,19). The number of carbonyl (C=O) groups is 2. The quantitative estimate of drug-likeness (QED) is 0.742. The molecule has 0 saturated carbocycles. The molecule has 1 aromatic heterocycles. The Morgan fingerprint density at radius 2 is 2.21 bits per heavy atom. The van der Waals surface area contributed by atoms with Gasteiger partial charge in [0.05, 0.1) is 6.54 Å². The fraction of sp³-hybridized carbons (Fsp3) is 0.500. The molecule has 102 valence electrons.